The number of aromatic nitrogens is 2. The molecule has 1 aromatic heterocycles. The van der Waals surface area contributed by atoms with E-state index in [0.29, 0.717) is 23.0 Å². The second-order valence-electron chi connectivity index (χ2n) is 6.71. The van der Waals surface area contributed by atoms with Crippen molar-refractivity contribution < 1.29 is 13.2 Å². The fourth-order valence-corrected chi connectivity index (χ4v) is 3.60. The zero-order chi connectivity index (χ0) is 18.0. The van der Waals surface area contributed by atoms with Gasteiger partial charge < -0.3 is 4.57 Å². The maximum absolute atomic E-state index is 12.9. The van der Waals surface area contributed by atoms with E-state index >= 15 is 0 Å². The molecule has 0 aliphatic carbocycles. The van der Waals surface area contributed by atoms with Crippen LogP contribution in [0.3, 0.4) is 0 Å². The molecule has 3 rings (SSSR count). The van der Waals surface area contributed by atoms with Gasteiger partial charge in [-0.05, 0) is 49.1 Å². The standard InChI is InChI=1S/C18H21ClF3N3/c1-24-8-6-23-17(24)9-13-3-2-7-25(11-13)12-14-10-15(18(20,21)22)4-5-16(14)19/h4-6,8,10,13H,2-3,7,9,11-12H2,1H3/t13-/m1/s1. The van der Waals surface area contributed by atoms with Crippen LogP contribution in [-0.2, 0) is 26.2 Å². The number of nitrogens with zero attached hydrogens (tertiary/aromatic N) is 3. The van der Waals surface area contributed by atoms with Crippen LogP contribution in [0.15, 0.2) is 30.6 Å². The van der Waals surface area contributed by atoms with Crippen molar-refractivity contribution in [2.24, 2.45) is 13.0 Å². The molecule has 1 atom stereocenters. The molecule has 1 aliphatic heterocycles. The fraction of sp³-hybridized carbons (Fsp3) is 0.500. The first-order valence-corrected chi connectivity index (χ1v) is 8.75. The lowest BCUT2D eigenvalue weighted by molar-refractivity contribution is -0.137. The van der Waals surface area contributed by atoms with E-state index in [1.165, 1.54) is 12.1 Å². The number of likely N-dealkylation sites (tertiary alicyclic amines) is 1. The maximum atomic E-state index is 12.9. The molecule has 1 saturated heterocycles. The van der Waals surface area contributed by atoms with E-state index in [1.807, 2.05) is 17.8 Å². The smallest absolute Gasteiger partial charge is 0.338 e. The Balaban J connectivity index is 1.67. The van der Waals surface area contributed by atoms with Crippen molar-refractivity contribution in [2.45, 2.75) is 32.0 Å². The Morgan fingerprint density at radius 1 is 1.32 bits per heavy atom. The number of piperidine rings is 1. The number of halogens is 4. The summed E-state index contributed by atoms with van der Waals surface area (Å²) < 4.78 is 40.8. The number of benzene rings is 1. The molecule has 0 bridgehead atoms. The average Bonchev–Trinajstić information content (AvgIpc) is 2.94. The predicted octanol–water partition coefficient (Wildman–Crippen LogP) is 4.55. The number of imidazole rings is 1. The number of aryl methyl sites for hydroxylation is 1. The van der Waals surface area contributed by atoms with Gasteiger partial charge in [-0.3, -0.25) is 4.90 Å². The number of alkyl halides is 3. The van der Waals surface area contributed by atoms with Gasteiger partial charge in [-0.2, -0.15) is 13.2 Å². The molecule has 2 heterocycles. The van der Waals surface area contributed by atoms with Crippen LogP contribution < -0.4 is 0 Å². The van der Waals surface area contributed by atoms with Gasteiger partial charge in [-0.25, -0.2) is 4.98 Å². The van der Waals surface area contributed by atoms with E-state index in [9.17, 15) is 13.2 Å². The Bertz CT molecular complexity index is 727. The number of hydrogen-bond donors (Lipinski definition) is 0. The van der Waals surface area contributed by atoms with E-state index in [4.69, 9.17) is 11.6 Å². The highest BCUT2D eigenvalue weighted by molar-refractivity contribution is 6.31. The molecule has 3 nitrogen and oxygen atoms in total. The number of rotatable bonds is 4. The summed E-state index contributed by atoms with van der Waals surface area (Å²) in [5, 5.41) is 0.388. The van der Waals surface area contributed by atoms with E-state index in [-0.39, 0.29) is 0 Å². The van der Waals surface area contributed by atoms with Crippen molar-refractivity contribution in [2.75, 3.05) is 13.1 Å². The first-order chi connectivity index (χ1) is 11.8. The monoisotopic (exact) mass is 371 g/mol. The molecule has 1 aliphatic rings. The summed E-state index contributed by atoms with van der Waals surface area (Å²) in [4.78, 5) is 6.56. The highest BCUT2D eigenvalue weighted by atomic mass is 35.5. The molecule has 136 valence electrons. The first kappa shape index (κ1) is 18.3. The van der Waals surface area contributed by atoms with Crippen molar-refractivity contribution in [1.82, 2.24) is 14.5 Å². The molecule has 0 saturated carbocycles. The summed E-state index contributed by atoms with van der Waals surface area (Å²) in [6, 6.07) is 3.55. The van der Waals surface area contributed by atoms with Crippen LogP contribution in [0.5, 0.6) is 0 Å². The van der Waals surface area contributed by atoms with Gasteiger partial charge in [-0.15, -0.1) is 0 Å². The van der Waals surface area contributed by atoms with Gasteiger partial charge in [0.2, 0.25) is 0 Å². The Morgan fingerprint density at radius 3 is 2.80 bits per heavy atom. The highest BCUT2D eigenvalue weighted by Gasteiger charge is 2.31. The van der Waals surface area contributed by atoms with Crippen molar-refractivity contribution in [1.29, 1.82) is 0 Å². The predicted molar refractivity (Wildman–Crippen MR) is 91.4 cm³/mol. The Hall–Kier alpha value is -1.53. The molecule has 0 N–H and O–H groups in total. The fourth-order valence-electron chi connectivity index (χ4n) is 3.43. The molecule has 1 fully saturated rings. The zero-order valence-corrected chi connectivity index (χ0v) is 14.8. The van der Waals surface area contributed by atoms with E-state index in [0.717, 1.165) is 44.2 Å². The molecule has 7 heteroatoms. The lowest BCUT2D eigenvalue weighted by Crippen LogP contribution is -2.36. The van der Waals surface area contributed by atoms with Crippen LogP contribution >= 0.6 is 11.6 Å². The van der Waals surface area contributed by atoms with Gasteiger partial charge in [0.25, 0.3) is 0 Å². The highest BCUT2D eigenvalue weighted by Crippen LogP contribution is 2.32. The van der Waals surface area contributed by atoms with E-state index in [1.54, 1.807) is 6.20 Å². The van der Waals surface area contributed by atoms with E-state index < -0.39 is 11.7 Å². The molecule has 2 aromatic rings. The van der Waals surface area contributed by atoms with Crippen LogP contribution in [0.1, 0.15) is 29.8 Å². The summed E-state index contributed by atoms with van der Waals surface area (Å²) in [6.45, 7) is 2.17. The quantitative estimate of drug-likeness (QED) is 0.786. The molecular weight excluding hydrogens is 351 g/mol. The second kappa shape index (κ2) is 7.38. The maximum Gasteiger partial charge on any atom is 0.416 e. The van der Waals surface area contributed by atoms with Crippen molar-refractivity contribution in [3.63, 3.8) is 0 Å². The summed E-state index contributed by atoms with van der Waals surface area (Å²) in [6.07, 6.45) is 2.40. The third kappa shape index (κ3) is 4.55. The lowest BCUT2D eigenvalue weighted by atomic mass is 9.94. The van der Waals surface area contributed by atoms with Crippen LogP contribution in [0.25, 0.3) is 0 Å². The molecule has 0 unspecified atom stereocenters. The molecule has 0 spiro atoms. The molecule has 25 heavy (non-hydrogen) atoms. The third-order valence-electron chi connectivity index (χ3n) is 4.76. The minimum absolute atomic E-state index is 0.388. The topological polar surface area (TPSA) is 21.1 Å². The summed E-state index contributed by atoms with van der Waals surface area (Å²) in [7, 11) is 1.98. The second-order valence-corrected chi connectivity index (χ2v) is 7.11. The van der Waals surface area contributed by atoms with Crippen LogP contribution in [0, 0.1) is 5.92 Å². The van der Waals surface area contributed by atoms with Gasteiger partial charge in [0.05, 0.1) is 5.56 Å². The normalized spacial score (nSPS) is 19.3. The SMILES string of the molecule is Cn1ccnc1C[C@H]1CCCN(Cc2cc(C(F)(F)F)ccc2Cl)C1. The number of hydrogen-bond acceptors (Lipinski definition) is 2. The first-order valence-electron chi connectivity index (χ1n) is 8.37. The van der Waals surface area contributed by atoms with Crippen molar-refractivity contribution >= 4 is 11.6 Å². The molecule has 0 amide bonds. The van der Waals surface area contributed by atoms with Crippen LogP contribution in [0.4, 0.5) is 13.2 Å². The minimum Gasteiger partial charge on any atom is -0.338 e. The van der Waals surface area contributed by atoms with Crippen molar-refractivity contribution in [3.05, 3.63) is 52.6 Å². The summed E-state index contributed by atoms with van der Waals surface area (Å²) >= 11 is 6.13. The van der Waals surface area contributed by atoms with E-state index in [2.05, 4.69) is 9.88 Å². The summed E-state index contributed by atoms with van der Waals surface area (Å²) in [5.74, 6) is 1.50. The Labute approximate surface area is 150 Å². The molecule has 0 radical (unpaired) electrons. The van der Waals surface area contributed by atoms with Crippen LogP contribution in [0.2, 0.25) is 5.02 Å². The van der Waals surface area contributed by atoms with Gasteiger partial charge in [0.1, 0.15) is 5.82 Å². The van der Waals surface area contributed by atoms with Crippen molar-refractivity contribution in [3.8, 4) is 0 Å². The minimum atomic E-state index is -4.35. The lowest BCUT2D eigenvalue weighted by Gasteiger charge is -2.33. The van der Waals surface area contributed by atoms with Crippen LogP contribution in [-0.4, -0.2) is 27.5 Å². The van der Waals surface area contributed by atoms with Gasteiger partial charge in [0.15, 0.2) is 0 Å². The largest absolute Gasteiger partial charge is 0.416 e. The Kier molecular flexibility index (Phi) is 5.39. The van der Waals surface area contributed by atoms with Gasteiger partial charge >= 0.3 is 6.18 Å². The summed E-state index contributed by atoms with van der Waals surface area (Å²) in [5.41, 5.74) is -0.109. The zero-order valence-electron chi connectivity index (χ0n) is 14.1. The Morgan fingerprint density at radius 2 is 2.12 bits per heavy atom. The third-order valence-corrected chi connectivity index (χ3v) is 5.13. The van der Waals surface area contributed by atoms with Gasteiger partial charge in [0, 0.05) is 44.0 Å². The van der Waals surface area contributed by atoms with Gasteiger partial charge in [-0.1, -0.05) is 11.6 Å². The average molecular weight is 372 g/mol. The molecular formula is C18H21ClF3N3. The molecule has 1 aromatic carbocycles.